The summed E-state index contributed by atoms with van der Waals surface area (Å²) in [6.07, 6.45) is 7.93. The highest BCUT2D eigenvalue weighted by molar-refractivity contribution is 7.09. The van der Waals surface area contributed by atoms with Gasteiger partial charge in [-0.25, -0.2) is 0 Å². The number of benzene rings is 1. The molecule has 1 aliphatic carbocycles. The molecule has 0 saturated carbocycles. The lowest BCUT2D eigenvalue weighted by Gasteiger charge is -2.32. The lowest BCUT2D eigenvalue weighted by Crippen LogP contribution is -2.40. The molecule has 0 bridgehead atoms. The van der Waals surface area contributed by atoms with E-state index in [1.165, 1.54) is 61.1 Å². The van der Waals surface area contributed by atoms with E-state index in [0.717, 1.165) is 25.2 Å². The van der Waals surface area contributed by atoms with Crippen molar-refractivity contribution in [2.24, 2.45) is 5.92 Å². The van der Waals surface area contributed by atoms with E-state index in [9.17, 15) is 4.79 Å². The first kappa shape index (κ1) is 18.7. The summed E-state index contributed by atoms with van der Waals surface area (Å²) in [5.41, 5.74) is 4.11. The van der Waals surface area contributed by atoms with E-state index in [4.69, 9.17) is 0 Å². The lowest BCUT2D eigenvalue weighted by atomic mass is 9.90. The molecule has 1 amide bonds. The maximum atomic E-state index is 12.4. The molecule has 0 spiro atoms. The number of likely N-dealkylation sites (tertiary alicyclic amines) is 1. The second-order valence-corrected chi connectivity index (χ2v) is 9.15. The predicted molar refractivity (Wildman–Crippen MR) is 112 cm³/mol. The van der Waals surface area contributed by atoms with Crippen molar-refractivity contribution in [1.82, 2.24) is 10.2 Å². The number of hydrogen-bond donors (Lipinski definition) is 1. The maximum absolute atomic E-state index is 12.4. The van der Waals surface area contributed by atoms with Crippen LogP contribution in [0.25, 0.3) is 0 Å². The molecule has 1 aliphatic heterocycles. The number of thiophene rings is 1. The molecule has 1 aromatic heterocycles. The van der Waals surface area contributed by atoms with E-state index in [1.54, 1.807) is 0 Å². The summed E-state index contributed by atoms with van der Waals surface area (Å²) >= 11 is 1.84. The van der Waals surface area contributed by atoms with Gasteiger partial charge in [0.25, 0.3) is 0 Å². The summed E-state index contributed by atoms with van der Waals surface area (Å²) < 4.78 is 0. The van der Waals surface area contributed by atoms with Crippen LogP contribution in [-0.2, 0) is 30.6 Å². The minimum absolute atomic E-state index is 0.168. The molecule has 2 heterocycles. The van der Waals surface area contributed by atoms with E-state index >= 15 is 0 Å². The Morgan fingerprint density at radius 2 is 2.04 bits per heavy atom. The first-order valence-corrected chi connectivity index (χ1v) is 11.3. The summed E-state index contributed by atoms with van der Waals surface area (Å²) in [4.78, 5) is 16.4. The Morgan fingerprint density at radius 3 is 2.89 bits per heavy atom. The minimum atomic E-state index is 0.168. The molecule has 1 atom stereocenters. The SMILES string of the molecule is O=C(Cc1ccc2c(c1)CCCC2)NCC1CCCN(Cc2cccs2)C1. The average molecular weight is 383 g/mol. The Balaban J connectivity index is 1.24. The van der Waals surface area contributed by atoms with Crippen molar-refractivity contribution < 1.29 is 4.79 Å². The normalized spacial score (nSPS) is 20.2. The van der Waals surface area contributed by atoms with Gasteiger partial charge in [0.2, 0.25) is 5.91 Å². The van der Waals surface area contributed by atoms with Crippen LogP contribution < -0.4 is 5.32 Å². The van der Waals surface area contributed by atoms with Gasteiger partial charge in [0.1, 0.15) is 0 Å². The van der Waals surface area contributed by atoms with Crippen LogP contribution in [0.5, 0.6) is 0 Å². The number of nitrogens with one attached hydrogen (secondary N) is 1. The van der Waals surface area contributed by atoms with Crippen LogP contribution in [0, 0.1) is 5.92 Å². The third-order valence-corrected chi connectivity index (χ3v) is 6.79. The molecule has 27 heavy (non-hydrogen) atoms. The average Bonchev–Trinajstić information content (AvgIpc) is 3.20. The number of amides is 1. The Bertz CT molecular complexity index is 756. The molecule has 4 heteroatoms. The van der Waals surface area contributed by atoms with Crippen molar-refractivity contribution in [3.8, 4) is 0 Å². The van der Waals surface area contributed by atoms with E-state index in [0.29, 0.717) is 12.3 Å². The number of nitrogens with zero attached hydrogens (tertiary/aromatic N) is 1. The number of rotatable bonds is 6. The molecule has 1 saturated heterocycles. The number of fused-ring (bicyclic) bond motifs is 1. The molecule has 0 radical (unpaired) electrons. The number of carbonyl (C=O) groups excluding carboxylic acids is 1. The molecule has 2 aliphatic rings. The van der Waals surface area contributed by atoms with E-state index < -0.39 is 0 Å². The van der Waals surface area contributed by atoms with Crippen molar-refractivity contribution >= 4 is 17.2 Å². The van der Waals surface area contributed by atoms with Gasteiger partial charge in [-0.2, -0.15) is 0 Å². The van der Waals surface area contributed by atoms with Crippen LogP contribution >= 0.6 is 11.3 Å². The second-order valence-electron chi connectivity index (χ2n) is 8.11. The van der Waals surface area contributed by atoms with Crippen LogP contribution in [0.15, 0.2) is 35.7 Å². The van der Waals surface area contributed by atoms with Crippen molar-refractivity contribution in [3.05, 3.63) is 57.3 Å². The summed E-state index contributed by atoms with van der Waals surface area (Å²) in [5.74, 6) is 0.743. The molecule has 1 fully saturated rings. The molecular formula is C23H30N2OS. The summed E-state index contributed by atoms with van der Waals surface area (Å²) in [5, 5.41) is 5.35. The van der Waals surface area contributed by atoms with Gasteiger partial charge in [0.15, 0.2) is 0 Å². The Labute approximate surface area is 166 Å². The third kappa shape index (κ3) is 5.20. The highest BCUT2D eigenvalue weighted by atomic mass is 32.1. The van der Waals surface area contributed by atoms with Gasteiger partial charge < -0.3 is 5.32 Å². The minimum Gasteiger partial charge on any atom is -0.355 e. The fraction of sp³-hybridized carbons (Fsp3) is 0.522. The van der Waals surface area contributed by atoms with E-state index in [2.05, 4.69) is 45.9 Å². The quantitative estimate of drug-likeness (QED) is 0.812. The van der Waals surface area contributed by atoms with Gasteiger partial charge in [-0.05, 0) is 79.1 Å². The first-order valence-electron chi connectivity index (χ1n) is 10.4. The molecular weight excluding hydrogens is 352 g/mol. The van der Waals surface area contributed by atoms with Crippen LogP contribution in [0.4, 0.5) is 0 Å². The Hall–Kier alpha value is -1.65. The zero-order chi connectivity index (χ0) is 18.5. The summed E-state index contributed by atoms with van der Waals surface area (Å²) in [6, 6.07) is 11.0. The van der Waals surface area contributed by atoms with Gasteiger partial charge in [0, 0.05) is 24.5 Å². The van der Waals surface area contributed by atoms with Crippen molar-refractivity contribution in [2.45, 2.75) is 51.5 Å². The monoisotopic (exact) mass is 382 g/mol. The van der Waals surface area contributed by atoms with Crippen LogP contribution in [0.1, 0.15) is 47.3 Å². The zero-order valence-electron chi connectivity index (χ0n) is 16.1. The largest absolute Gasteiger partial charge is 0.355 e. The molecule has 144 valence electrons. The highest BCUT2D eigenvalue weighted by Crippen LogP contribution is 2.23. The number of piperidine rings is 1. The molecule has 1 N–H and O–H groups in total. The summed E-state index contributed by atoms with van der Waals surface area (Å²) in [7, 11) is 0. The first-order chi connectivity index (χ1) is 13.3. The Morgan fingerprint density at radius 1 is 1.15 bits per heavy atom. The van der Waals surface area contributed by atoms with Crippen LogP contribution in [0.3, 0.4) is 0 Å². The van der Waals surface area contributed by atoms with Crippen molar-refractivity contribution in [3.63, 3.8) is 0 Å². The fourth-order valence-electron chi connectivity index (χ4n) is 4.49. The zero-order valence-corrected chi connectivity index (χ0v) is 16.9. The Kier molecular flexibility index (Phi) is 6.25. The van der Waals surface area contributed by atoms with Crippen LogP contribution in [0.2, 0.25) is 0 Å². The van der Waals surface area contributed by atoms with Crippen LogP contribution in [-0.4, -0.2) is 30.4 Å². The lowest BCUT2D eigenvalue weighted by molar-refractivity contribution is -0.120. The van der Waals surface area contributed by atoms with Gasteiger partial charge >= 0.3 is 0 Å². The smallest absolute Gasteiger partial charge is 0.224 e. The number of aryl methyl sites for hydroxylation is 2. The van der Waals surface area contributed by atoms with E-state index in [-0.39, 0.29) is 5.91 Å². The third-order valence-electron chi connectivity index (χ3n) is 5.93. The molecule has 2 aromatic rings. The van der Waals surface area contributed by atoms with E-state index in [1.807, 2.05) is 11.3 Å². The maximum Gasteiger partial charge on any atom is 0.224 e. The van der Waals surface area contributed by atoms with Crippen molar-refractivity contribution in [2.75, 3.05) is 19.6 Å². The molecule has 1 aromatic carbocycles. The van der Waals surface area contributed by atoms with Gasteiger partial charge in [-0.1, -0.05) is 24.3 Å². The second kappa shape index (κ2) is 9.03. The summed E-state index contributed by atoms with van der Waals surface area (Å²) in [6.45, 7) is 4.14. The number of hydrogen-bond acceptors (Lipinski definition) is 3. The fourth-order valence-corrected chi connectivity index (χ4v) is 5.23. The van der Waals surface area contributed by atoms with Crippen molar-refractivity contribution in [1.29, 1.82) is 0 Å². The van der Waals surface area contributed by atoms with Gasteiger partial charge in [-0.15, -0.1) is 11.3 Å². The predicted octanol–water partition coefficient (Wildman–Crippen LogP) is 4.20. The van der Waals surface area contributed by atoms with Gasteiger partial charge in [-0.3, -0.25) is 9.69 Å². The topological polar surface area (TPSA) is 32.3 Å². The molecule has 3 nitrogen and oxygen atoms in total. The standard InChI is InChI=1S/C23H30N2OS/c26-23(14-18-9-10-20-6-1-2-7-21(20)13-18)24-15-19-5-3-11-25(16-19)17-22-8-4-12-27-22/h4,8-10,12-13,19H,1-3,5-7,11,14-17H2,(H,24,26). The molecule has 4 rings (SSSR count). The highest BCUT2D eigenvalue weighted by Gasteiger charge is 2.21. The number of carbonyl (C=O) groups is 1. The van der Waals surface area contributed by atoms with Gasteiger partial charge in [0.05, 0.1) is 6.42 Å². The molecule has 1 unspecified atom stereocenters.